The SMILES string of the molecule is Cc1cc(C)n(-c2ccc(NCC3(O)CCCc4ccccc43)nn2)n1. The first kappa shape index (κ1) is 16.7. The fourth-order valence-corrected chi connectivity index (χ4v) is 3.71. The molecule has 0 fully saturated rings. The number of fused-ring (bicyclic) bond motifs is 1. The van der Waals surface area contributed by atoms with Crippen LogP contribution in [0, 0.1) is 13.8 Å². The molecule has 0 aliphatic heterocycles. The highest BCUT2D eigenvalue weighted by atomic mass is 16.3. The van der Waals surface area contributed by atoms with Crippen LogP contribution in [0.15, 0.2) is 42.5 Å². The lowest BCUT2D eigenvalue weighted by Gasteiger charge is -2.34. The summed E-state index contributed by atoms with van der Waals surface area (Å²) in [5, 5.41) is 27.3. The lowest BCUT2D eigenvalue weighted by Crippen LogP contribution is -2.37. The Labute approximate surface area is 152 Å². The van der Waals surface area contributed by atoms with Crippen LogP contribution in [0.4, 0.5) is 5.82 Å². The highest BCUT2D eigenvalue weighted by Gasteiger charge is 2.33. The first-order valence-electron chi connectivity index (χ1n) is 8.97. The number of aliphatic hydroxyl groups is 1. The molecule has 26 heavy (non-hydrogen) atoms. The Balaban J connectivity index is 1.50. The molecular weight excluding hydrogens is 326 g/mol. The van der Waals surface area contributed by atoms with Crippen LogP contribution in [0.25, 0.3) is 5.82 Å². The van der Waals surface area contributed by atoms with E-state index in [2.05, 4.69) is 26.7 Å². The third-order valence-electron chi connectivity index (χ3n) is 4.99. The summed E-state index contributed by atoms with van der Waals surface area (Å²) in [6, 6.07) is 13.9. The van der Waals surface area contributed by atoms with Crippen LogP contribution in [0.3, 0.4) is 0 Å². The lowest BCUT2D eigenvalue weighted by molar-refractivity contribution is 0.0322. The van der Waals surface area contributed by atoms with Crippen molar-refractivity contribution in [2.75, 3.05) is 11.9 Å². The smallest absolute Gasteiger partial charge is 0.176 e. The number of aromatic nitrogens is 4. The Kier molecular flexibility index (Phi) is 4.20. The molecule has 0 spiro atoms. The summed E-state index contributed by atoms with van der Waals surface area (Å²) in [5.41, 5.74) is 3.35. The van der Waals surface area contributed by atoms with Crippen molar-refractivity contribution in [2.45, 2.75) is 38.7 Å². The molecule has 0 bridgehead atoms. The maximum absolute atomic E-state index is 11.1. The summed E-state index contributed by atoms with van der Waals surface area (Å²) in [5.74, 6) is 1.33. The molecule has 1 aliphatic carbocycles. The number of aryl methyl sites for hydroxylation is 3. The first-order chi connectivity index (χ1) is 12.5. The number of hydrogen-bond donors (Lipinski definition) is 2. The van der Waals surface area contributed by atoms with E-state index in [0.29, 0.717) is 18.2 Å². The predicted molar refractivity (Wildman–Crippen MR) is 100 cm³/mol. The molecule has 0 radical (unpaired) electrons. The molecule has 2 N–H and O–H groups in total. The summed E-state index contributed by atoms with van der Waals surface area (Å²) in [6.45, 7) is 4.36. The third kappa shape index (κ3) is 3.08. The van der Waals surface area contributed by atoms with Gasteiger partial charge in [0.15, 0.2) is 5.82 Å². The van der Waals surface area contributed by atoms with Crippen molar-refractivity contribution in [3.05, 3.63) is 65.0 Å². The van der Waals surface area contributed by atoms with E-state index >= 15 is 0 Å². The van der Waals surface area contributed by atoms with Gasteiger partial charge in [-0.3, -0.25) is 0 Å². The Morgan fingerprint density at radius 2 is 2.00 bits per heavy atom. The monoisotopic (exact) mass is 349 g/mol. The van der Waals surface area contributed by atoms with E-state index in [1.165, 1.54) is 5.56 Å². The number of anilines is 1. The highest BCUT2D eigenvalue weighted by molar-refractivity contribution is 5.40. The van der Waals surface area contributed by atoms with E-state index in [0.717, 1.165) is 36.2 Å². The Hall–Kier alpha value is -2.73. The Bertz CT molecular complexity index is 918. The fraction of sp³-hybridized carbons (Fsp3) is 0.350. The van der Waals surface area contributed by atoms with Gasteiger partial charge < -0.3 is 10.4 Å². The van der Waals surface area contributed by atoms with Gasteiger partial charge in [0.2, 0.25) is 0 Å². The van der Waals surface area contributed by atoms with Crippen molar-refractivity contribution in [2.24, 2.45) is 0 Å². The van der Waals surface area contributed by atoms with E-state index < -0.39 is 5.60 Å². The van der Waals surface area contributed by atoms with Crippen LogP contribution in [0.5, 0.6) is 0 Å². The molecule has 1 atom stereocenters. The van der Waals surface area contributed by atoms with Gasteiger partial charge in [-0.15, -0.1) is 10.2 Å². The van der Waals surface area contributed by atoms with Crippen LogP contribution in [0.2, 0.25) is 0 Å². The average molecular weight is 349 g/mol. The van der Waals surface area contributed by atoms with Crippen molar-refractivity contribution in [1.29, 1.82) is 0 Å². The normalized spacial score (nSPS) is 19.2. The zero-order valence-corrected chi connectivity index (χ0v) is 15.1. The van der Waals surface area contributed by atoms with E-state index in [-0.39, 0.29) is 0 Å². The average Bonchev–Trinajstić information content (AvgIpc) is 2.99. The van der Waals surface area contributed by atoms with Crippen molar-refractivity contribution in [3.8, 4) is 5.82 Å². The van der Waals surface area contributed by atoms with Crippen molar-refractivity contribution in [3.63, 3.8) is 0 Å². The number of benzene rings is 1. The van der Waals surface area contributed by atoms with Crippen molar-refractivity contribution in [1.82, 2.24) is 20.0 Å². The topological polar surface area (TPSA) is 75.9 Å². The summed E-state index contributed by atoms with van der Waals surface area (Å²) in [4.78, 5) is 0. The zero-order valence-electron chi connectivity index (χ0n) is 15.1. The minimum Gasteiger partial charge on any atom is -0.383 e. The van der Waals surface area contributed by atoms with E-state index in [1.807, 2.05) is 50.2 Å². The van der Waals surface area contributed by atoms with Crippen molar-refractivity contribution >= 4 is 5.82 Å². The van der Waals surface area contributed by atoms with Crippen LogP contribution in [-0.4, -0.2) is 31.6 Å². The molecule has 3 aromatic rings. The van der Waals surface area contributed by atoms with Crippen molar-refractivity contribution < 1.29 is 5.11 Å². The zero-order chi connectivity index (χ0) is 18.1. The molecular formula is C20H23N5O. The Morgan fingerprint density at radius 3 is 2.73 bits per heavy atom. The second-order valence-corrected chi connectivity index (χ2v) is 7.01. The summed E-state index contributed by atoms with van der Waals surface area (Å²) < 4.78 is 1.77. The highest BCUT2D eigenvalue weighted by Crippen LogP contribution is 2.35. The van der Waals surface area contributed by atoms with Gasteiger partial charge in [0, 0.05) is 12.2 Å². The molecule has 0 saturated heterocycles. The summed E-state index contributed by atoms with van der Waals surface area (Å²) in [7, 11) is 0. The summed E-state index contributed by atoms with van der Waals surface area (Å²) >= 11 is 0. The molecule has 0 amide bonds. The molecule has 0 saturated carbocycles. The van der Waals surface area contributed by atoms with Gasteiger partial charge in [0.25, 0.3) is 0 Å². The van der Waals surface area contributed by atoms with Crippen LogP contribution < -0.4 is 5.32 Å². The Morgan fingerprint density at radius 1 is 1.15 bits per heavy atom. The van der Waals surface area contributed by atoms with Gasteiger partial charge in [0.1, 0.15) is 11.4 Å². The van der Waals surface area contributed by atoms with Gasteiger partial charge in [-0.2, -0.15) is 5.10 Å². The first-order valence-corrected chi connectivity index (χ1v) is 8.97. The second kappa shape index (κ2) is 6.53. The molecule has 6 nitrogen and oxygen atoms in total. The molecule has 1 unspecified atom stereocenters. The third-order valence-corrected chi connectivity index (χ3v) is 4.99. The van der Waals surface area contributed by atoms with Gasteiger partial charge in [-0.1, -0.05) is 24.3 Å². The van der Waals surface area contributed by atoms with Crippen LogP contribution in [-0.2, 0) is 12.0 Å². The number of hydrogen-bond acceptors (Lipinski definition) is 5. The molecule has 6 heteroatoms. The minimum absolute atomic E-state index is 0.415. The second-order valence-electron chi connectivity index (χ2n) is 7.01. The quantitative estimate of drug-likeness (QED) is 0.757. The lowest BCUT2D eigenvalue weighted by atomic mass is 9.79. The van der Waals surface area contributed by atoms with Gasteiger partial charge in [-0.25, -0.2) is 4.68 Å². The standard InChI is InChI=1S/C20H23N5O/c1-14-12-15(2)25(24-14)19-10-9-18(22-23-19)21-13-20(26)11-5-7-16-6-3-4-8-17(16)20/h3-4,6,8-10,12,26H,5,7,11,13H2,1-2H3,(H,21,22). The molecule has 4 rings (SSSR count). The molecule has 1 aromatic carbocycles. The number of rotatable bonds is 4. The molecule has 2 heterocycles. The van der Waals surface area contributed by atoms with Crippen LogP contribution in [0.1, 0.15) is 35.4 Å². The molecule has 2 aromatic heterocycles. The maximum Gasteiger partial charge on any atom is 0.176 e. The predicted octanol–water partition coefficient (Wildman–Crippen LogP) is 2.92. The summed E-state index contributed by atoms with van der Waals surface area (Å²) in [6.07, 6.45) is 2.75. The molecule has 134 valence electrons. The van der Waals surface area contributed by atoms with Gasteiger partial charge in [0.05, 0.1) is 5.69 Å². The minimum atomic E-state index is -0.870. The van der Waals surface area contributed by atoms with E-state index in [4.69, 9.17) is 0 Å². The van der Waals surface area contributed by atoms with Gasteiger partial charge in [-0.05, 0) is 62.4 Å². The van der Waals surface area contributed by atoms with Crippen LogP contribution >= 0.6 is 0 Å². The number of nitrogens with zero attached hydrogens (tertiary/aromatic N) is 4. The molecule has 1 aliphatic rings. The maximum atomic E-state index is 11.1. The fourth-order valence-electron chi connectivity index (χ4n) is 3.71. The van der Waals surface area contributed by atoms with E-state index in [9.17, 15) is 5.11 Å². The number of nitrogens with one attached hydrogen (secondary N) is 1. The van der Waals surface area contributed by atoms with E-state index in [1.54, 1.807) is 4.68 Å². The largest absolute Gasteiger partial charge is 0.383 e. The van der Waals surface area contributed by atoms with Gasteiger partial charge >= 0.3 is 0 Å².